The third-order valence-corrected chi connectivity index (χ3v) is 2.54. The van der Waals surface area contributed by atoms with E-state index in [1.807, 2.05) is 12.1 Å². The van der Waals surface area contributed by atoms with Crippen LogP contribution in [0.15, 0.2) is 18.2 Å². The van der Waals surface area contributed by atoms with Gasteiger partial charge in [0.15, 0.2) is 0 Å². The molecule has 0 saturated heterocycles. The minimum atomic E-state index is -0.766. The molecule has 5 heteroatoms. The molecule has 2 aromatic rings. The van der Waals surface area contributed by atoms with Crippen molar-refractivity contribution in [2.45, 2.75) is 19.3 Å². The number of aryl methyl sites for hydroxylation is 1. The topological polar surface area (TPSA) is 66.0 Å². The number of rotatable bonds is 4. The minimum Gasteiger partial charge on any atom is -0.481 e. The first kappa shape index (κ1) is 11.0. The van der Waals surface area contributed by atoms with Crippen molar-refractivity contribution in [2.24, 2.45) is 0 Å². The molecule has 0 aliphatic rings. The van der Waals surface area contributed by atoms with E-state index in [1.165, 1.54) is 0 Å². The predicted octanol–water partition coefficient (Wildman–Crippen LogP) is 2.62. The lowest BCUT2D eigenvalue weighted by atomic mass is 10.2. The van der Waals surface area contributed by atoms with E-state index >= 15 is 0 Å². The number of carbonyl (C=O) groups is 1. The van der Waals surface area contributed by atoms with Crippen LogP contribution in [0.5, 0.6) is 0 Å². The average Bonchev–Trinajstić information content (AvgIpc) is 2.58. The normalized spacial score (nSPS) is 10.8. The van der Waals surface area contributed by atoms with Crippen LogP contribution in [0.2, 0.25) is 5.15 Å². The Balaban J connectivity index is 2.10. The monoisotopic (exact) mass is 238 g/mol. The molecule has 0 aliphatic heterocycles. The van der Waals surface area contributed by atoms with Crippen molar-refractivity contribution in [3.05, 3.63) is 29.0 Å². The molecule has 0 amide bonds. The van der Waals surface area contributed by atoms with Crippen molar-refractivity contribution in [1.82, 2.24) is 9.97 Å². The van der Waals surface area contributed by atoms with Crippen LogP contribution in [-0.4, -0.2) is 21.0 Å². The Labute approximate surface area is 97.3 Å². The van der Waals surface area contributed by atoms with Gasteiger partial charge in [0, 0.05) is 12.1 Å². The number of fused-ring (bicyclic) bond motifs is 1. The maximum atomic E-state index is 10.4. The molecule has 4 nitrogen and oxygen atoms in total. The summed E-state index contributed by atoms with van der Waals surface area (Å²) in [7, 11) is 0. The quantitative estimate of drug-likeness (QED) is 0.805. The number of hydrogen-bond donors (Lipinski definition) is 2. The van der Waals surface area contributed by atoms with Crippen LogP contribution in [0.3, 0.4) is 0 Å². The Morgan fingerprint density at radius 3 is 3.06 bits per heavy atom. The zero-order valence-corrected chi connectivity index (χ0v) is 9.29. The summed E-state index contributed by atoms with van der Waals surface area (Å²) in [6.07, 6.45) is 1.51. The number of carboxylic acids is 1. The average molecular weight is 239 g/mol. The largest absolute Gasteiger partial charge is 0.481 e. The summed E-state index contributed by atoms with van der Waals surface area (Å²) in [6.45, 7) is 0. The third kappa shape index (κ3) is 2.52. The lowest BCUT2D eigenvalue weighted by molar-refractivity contribution is -0.137. The second kappa shape index (κ2) is 4.53. The molecule has 2 aromatic heterocycles. The first-order valence-corrected chi connectivity index (χ1v) is 5.39. The van der Waals surface area contributed by atoms with Crippen LogP contribution in [0.25, 0.3) is 11.0 Å². The molecule has 0 aliphatic carbocycles. The number of nitrogens with zero attached hydrogens (tertiary/aromatic N) is 1. The molecule has 2 rings (SSSR count). The van der Waals surface area contributed by atoms with Gasteiger partial charge in [0.25, 0.3) is 0 Å². The summed E-state index contributed by atoms with van der Waals surface area (Å²) in [5.41, 5.74) is 2.73. The Hall–Kier alpha value is -1.55. The van der Waals surface area contributed by atoms with Gasteiger partial charge in [0.1, 0.15) is 5.15 Å². The molecule has 0 atom stereocenters. The van der Waals surface area contributed by atoms with Gasteiger partial charge in [-0.1, -0.05) is 11.6 Å². The van der Waals surface area contributed by atoms with Gasteiger partial charge in [-0.2, -0.15) is 0 Å². The lowest BCUT2D eigenvalue weighted by Crippen LogP contribution is -1.95. The second-order valence-corrected chi connectivity index (χ2v) is 4.00. The van der Waals surface area contributed by atoms with Crippen molar-refractivity contribution < 1.29 is 9.90 Å². The van der Waals surface area contributed by atoms with E-state index in [0.717, 1.165) is 16.7 Å². The maximum Gasteiger partial charge on any atom is 0.303 e. The number of H-pyrrole nitrogens is 1. The van der Waals surface area contributed by atoms with Gasteiger partial charge < -0.3 is 10.1 Å². The third-order valence-electron chi connectivity index (χ3n) is 2.33. The van der Waals surface area contributed by atoms with Gasteiger partial charge in [-0.3, -0.25) is 4.79 Å². The summed E-state index contributed by atoms with van der Waals surface area (Å²) in [6, 6.07) is 5.50. The van der Waals surface area contributed by atoms with Gasteiger partial charge >= 0.3 is 5.97 Å². The molecule has 0 aromatic carbocycles. The van der Waals surface area contributed by atoms with Crippen molar-refractivity contribution in [3.63, 3.8) is 0 Å². The number of halogens is 1. The Bertz CT molecular complexity index is 522. The molecular weight excluding hydrogens is 228 g/mol. The summed E-state index contributed by atoms with van der Waals surface area (Å²) in [5.74, 6) is -0.766. The molecule has 16 heavy (non-hydrogen) atoms. The molecule has 0 spiro atoms. The molecule has 0 saturated carbocycles. The highest BCUT2D eigenvalue weighted by molar-refractivity contribution is 6.29. The number of hydrogen-bond acceptors (Lipinski definition) is 2. The molecule has 0 fully saturated rings. The highest BCUT2D eigenvalue weighted by Gasteiger charge is 2.03. The molecule has 2 heterocycles. The van der Waals surface area contributed by atoms with E-state index in [-0.39, 0.29) is 6.42 Å². The van der Waals surface area contributed by atoms with Crippen molar-refractivity contribution >= 4 is 28.6 Å². The smallest absolute Gasteiger partial charge is 0.303 e. The number of nitrogens with one attached hydrogen (secondary N) is 1. The predicted molar refractivity (Wildman–Crippen MR) is 61.7 cm³/mol. The fraction of sp³-hybridized carbons (Fsp3) is 0.273. The Kier molecular flexibility index (Phi) is 3.10. The van der Waals surface area contributed by atoms with Gasteiger partial charge in [0.05, 0.1) is 11.0 Å². The number of carboxylic acid groups (broad SMARTS) is 1. The van der Waals surface area contributed by atoms with Gasteiger partial charge in [-0.25, -0.2) is 4.98 Å². The molecule has 0 radical (unpaired) electrons. The second-order valence-electron chi connectivity index (χ2n) is 3.61. The van der Waals surface area contributed by atoms with Crippen molar-refractivity contribution in [2.75, 3.05) is 0 Å². The zero-order chi connectivity index (χ0) is 11.5. The fourth-order valence-electron chi connectivity index (χ4n) is 1.60. The summed E-state index contributed by atoms with van der Waals surface area (Å²) in [5, 5.41) is 8.99. The fourth-order valence-corrected chi connectivity index (χ4v) is 1.76. The first-order chi connectivity index (χ1) is 7.65. The first-order valence-electron chi connectivity index (χ1n) is 5.01. The molecule has 84 valence electrons. The van der Waals surface area contributed by atoms with Gasteiger partial charge in [-0.15, -0.1) is 0 Å². The van der Waals surface area contributed by atoms with E-state index in [1.54, 1.807) is 6.07 Å². The molecule has 2 N–H and O–H groups in total. The van der Waals surface area contributed by atoms with Gasteiger partial charge in [-0.05, 0) is 31.0 Å². The molecule has 0 bridgehead atoms. The molecular formula is C11H11ClN2O2. The van der Waals surface area contributed by atoms with Crippen molar-refractivity contribution in [1.29, 1.82) is 0 Å². The van der Waals surface area contributed by atoms with Crippen LogP contribution < -0.4 is 0 Å². The highest BCUT2D eigenvalue weighted by atomic mass is 35.5. The zero-order valence-electron chi connectivity index (χ0n) is 8.53. The van der Waals surface area contributed by atoms with Crippen LogP contribution >= 0.6 is 11.6 Å². The van der Waals surface area contributed by atoms with E-state index in [9.17, 15) is 4.79 Å². The maximum absolute atomic E-state index is 10.4. The minimum absolute atomic E-state index is 0.184. The van der Waals surface area contributed by atoms with E-state index in [0.29, 0.717) is 18.0 Å². The number of aliphatic carboxylic acids is 1. The van der Waals surface area contributed by atoms with Crippen LogP contribution in [0.4, 0.5) is 0 Å². The number of aromatic nitrogens is 2. The highest BCUT2D eigenvalue weighted by Crippen LogP contribution is 2.17. The van der Waals surface area contributed by atoms with Crippen molar-refractivity contribution in [3.8, 4) is 0 Å². The van der Waals surface area contributed by atoms with E-state index in [4.69, 9.17) is 16.7 Å². The Morgan fingerprint density at radius 2 is 2.31 bits per heavy atom. The van der Waals surface area contributed by atoms with Crippen LogP contribution in [0.1, 0.15) is 18.5 Å². The molecule has 0 unspecified atom stereocenters. The Morgan fingerprint density at radius 1 is 1.50 bits per heavy atom. The van der Waals surface area contributed by atoms with E-state index in [2.05, 4.69) is 9.97 Å². The van der Waals surface area contributed by atoms with Crippen LogP contribution in [0, 0.1) is 0 Å². The lowest BCUT2D eigenvalue weighted by Gasteiger charge is -1.94. The number of aromatic amines is 1. The summed E-state index contributed by atoms with van der Waals surface area (Å²) < 4.78 is 0. The summed E-state index contributed by atoms with van der Waals surface area (Å²) in [4.78, 5) is 17.7. The van der Waals surface area contributed by atoms with Crippen LogP contribution in [-0.2, 0) is 11.2 Å². The van der Waals surface area contributed by atoms with E-state index < -0.39 is 5.97 Å². The van der Waals surface area contributed by atoms with Gasteiger partial charge in [0.2, 0.25) is 0 Å². The number of pyridine rings is 1. The SMILES string of the molecule is O=C(O)CCCc1cc2nc(Cl)ccc2[nH]1. The standard InChI is InChI=1S/C11H11ClN2O2/c12-10-5-4-8-9(14-10)6-7(13-8)2-1-3-11(15)16/h4-6,13H,1-3H2,(H,15,16). The summed E-state index contributed by atoms with van der Waals surface area (Å²) >= 11 is 5.77.